The maximum atomic E-state index is 13.4. The van der Waals surface area contributed by atoms with Gasteiger partial charge in [0.15, 0.2) is 0 Å². The van der Waals surface area contributed by atoms with E-state index in [0.717, 1.165) is 23.1 Å². The molecule has 4 atom stereocenters. The molecule has 2 aromatic carbocycles. The first kappa shape index (κ1) is 23.4. The number of nitrogens with one attached hydrogen (secondary N) is 1. The molecule has 2 heterocycles. The Morgan fingerprint density at radius 3 is 2.26 bits per heavy atom. The molecule has 2 saturated heterocycles. The molecule has 0 radical (unpaired) electrons. The Kier molecular flexibility index (Phi) is 5.68. The molecular weight excluding hydrogens is 457 g/mol. The van der Waals surface area contributed by atoms with Crippen LogP contribution in [0.5, 0.6) is 0 Å². The zero-order valence-electron chi connectivity index (χ0n) is 17.5. The van der Waals surface area contributed by atoms with E-state index in [1.165, 1.54) is 6.07 Å². The zero-order chi connectivity index (χ0) is 24.8. The third-order valence-electron chi connectivity index (χ3n) is 6.31. The van der Waals surface area contributed by atoms with Crippen molar-refractivity contribution in [3.63, 3.8) is 0 Å². The van der Waals surface area contributed by atoms with Crippen LogP contribution < -0.4 is 5.32 Å². The van der Waals surface area contributed by atoms with E-state index < -0.39 is 65.3 Å². The number of likely N-dealkylation sites (tertiary alicyclic amines) is 1. The van der Waals surface area contributed by atoms with Gasteiger partial charge in [0.25, 0.3) is 0 Å². The van der Waals surface area contributed by atoms with E-state index in [9.17, 15) is 42.6 Å². The van der Waals surface area contributed by atoms with Crippen LogP contribution >= 0.6 is 0 Å². The van der Waals surface area contributed by atoms with E-state index in [2.05, 4.69) is 5.32 Å². The molecule has 2 amide bonds. The summed E-state index contributed by atoms with van der Waals surface area (Å²) < 4.78 is 39.9. The summed E-state index contributed by atoms with van der Waals surface area (Å²) >= 11 is 0. The lowest BCUT2D eigenvalue weighted by atomic mass is 9.77. The molecule has 3 N–H and O–H groups in total. The van der Waals surface area contributed by atoms with Crippen molar-refractivity contribution >= 4 is 23.8 Å². The first-order chi connectivity index (χ1) is 16.0. The third kappa shape index (κ3) is 3.81. The van der Waals surface area contributed by atoms with Gasteiger partial charge in [-0.25, -0.2) is 0 Å². The molecule has 11 heteroatoms. The first-order valence-electron chi connectivity index (χ1n) is 10.2. The smallest absolute Gasteiger partial charge is 0.416 e. The molecule has 8 nitrogen and oxygen atoms in total. The SMILES string of the molecule is O=C(O)CC1(C(=O)O)NC(c2cccc(C(F)(F)F)c2)C2C(=O)N(Cc3ccccc3)C(=O)C21. The second-order valence-electron chi connectivity index (χ2n) is 8.34. The molecule has 2 aliphatic rings. The number of benzene rings is 2. The molecule has 2 aliphatic heterocycles. The summed E-state index contributed by atoms with van der Waals surface area (Å²) in [5.74, 6) is -7.89. The second kappa shape index (κ2) is 8.24. The normalized spacial score (nSPS) is 26.6. The standard InChI is InChI=1S/C23H19F3N2O6/c24-23(25,26)14-8-4-7-13(9-14)18-16-17(22(27-18,21(33)34)10-15(29)30)20(32)28(19(16)31)11-12-5-2-1-3-6-12/h1-9,16-18,27H,10-11H2,(H,29,30)(H,33,34). The topological polar surface area (TPSA) is 124 Å². The summed E-state index contributed by atoms with van der Waals surface area (Å²) in [5.41, 5.74) is -2.89. The summed E-state index contributed by atoms with van der Waals surface area (Å²) in [4.78, 5) is 51.5. The Bertz CT molecular complexity index is 1170. The van der Waals surface area contributed by atoms with E-state index in [1.54, 1.807) is 30.3 Å². The lowest BCUT2D eigenvalue weighted by molar-refractivity contribution is -0.156. The highest BCUT2D eigenvalue weighted by molar-refractivity contribution is 6.10. The minimum absolute atomic E-state index is 0.0685. The number of carboxylic acids is 2. The lowest BCUT2D eigenvalue weighted by Crippen LogP contribution is -2.56. The van der Waals surface area contributed by atoms with Crippen molar-refractivity contribution in [1.29, 1.82) is 0 Å². The minimum atomic E-state index is -4.70. The lowest BCUT2D eigenvalue weighted by Gasteiger charge is -2.30. The fourth-order valence-electron chi connectivity index (χ4n) is 4.85. The number of nitrogens with zero attached hydrogens (tertiary/aromatic N) is 1. The molecule has 0 spiro atoms. The van der Waals surface area contributed by atoms with E-state index in [0.29, 0.717) is 5.56 Å². The van der Waals surface area contributed by atoms with Crippen LogP contribution in [0.15, 0.2) is 54.6 Å². The van der Waals surface area contributed by atoms with E-state index in [1.807, 2.05) is 0 Å². The second-order valence-corrected chi connectivity index (χ2v) is 8.34. The predicted octanol–water partition coefficient (Wildman–Crippen LogP) is 2.45. The number of fused-ring (bicyclic) bond motifs is 1. The largest absolute Gasteiger partial charge is 0.481 e. The van der Waals surface area contributed by atoms with E-state index in [-0.39, 0.29) is 12.1 Å². The average molecular weight is 476 g/mol. The van der Waals surface area contributed by atoms with Crippen LogP contribution in [-0.2, 0) is 31.9 Å². The number of imide groups is 1. The van der Waals surface area contributed by atoms with Gasteiger partial charge in [0.2, 0.25) is 11.8 Å². The van der Waals surface area contributed by atoms with Gasteiger partial charge in [-0.1, -0.05) is 42.5 Å². The highest BCUT2D eigenvalue weighted by Gasteiger charge is 2.69. The van der Waals surface area contributed by atoms with Gasteiger partial charge < -0.3 is 10.2 Å². The average Bonchev–Trinajstić information content (AvgIpc) is 3.24. The van der Waals surface area contributed by atoms with Gasteiger partial charge in [0, 0.05) is 6.04 Å². The number of hydrogen-bond acceptors (Lipinski definition) is 5. The monoisotopic (exact) mass is 476 g/mol. The van der Waals surface area contributed by atoms with Gasteiger partial charge >= 0.3 is 18.1 Å². The number of carbonyl (C=O) groups is 4. The number of carbonyl (C=O) groups excluding carboxylic acids is 2. The zero-order valence-corrected chi connectivity index (χ0v) is 17.5. The Balaban J connectivity index is 1.82. The molecule has 0 bridgehead atoms. The van der Waals surface area contributed by atoms with Crippen LogP contribution in [0.4, 0.5) is 13.2 Å². The Labute approximate surface area is 191 Å². The number of alkyl halides is 3. The van der Waals surface area contributed by atoms with E-state index in [4.69, 9.17) is 0 Å². The van der Waals surface area contributed by atoms with Crippen molar-refractivity contribution in [3.05, 3.63) is 71.3 Å². The first-order valence-corrected chi connectivity index (χ1v) is 10.2. The molecular formula is C23H19F3N2O6. The Hall–Kier alpha value is -3.73. The Morgan fingerprint density at radius 1 is 1.00 bits per heavy atom. The molecule has 34 heavy (non-hydrogen) atoms. The van der Waals surface area contributed by atoms with Crippen LogP contribution in [0.25, 0.3) is 0 Å². The quantitative estimate of drug-likeness (QED) is 0.547. The molecule has 4 unspecified atom stereocenters. The van der Waals surface area contributed by atoms with Crippen LogP contribution in [0.1, 0.15) is 29.2 Å². The molecule has 178 valence electrons. The maximum absolute atomic E-state index is 13.4. The molecule has 0 aliphatic carbocycles. The summed E-state index contributed by atoms with van der Waals surface area (Å²) in [7, 11) is 0. The van der Waals surface area contributed by atoms with Gasteiger partial charge in [-0.2, -0.15) is 13.2 Å². The van der Waals surface area contributed by atoms with Crippen molar-refractivity contribution in [2.75, 3.05) is 0 Å². The van der Waals surface area contributed by atoms with Gasteiger partial charge in [-0.05, 0) is 23.3 Å². The number of amides is 2. The van der Waals surface area contributed by atoms with E-state index >= 15 is 0 Å². The number of aliphatic carboxylic acids is 2. The van der Waals surface area contributed by atoms with Gasteiger partial charge in [0.05, 0.1) is 30.4 Å². The van der Waals surface area contributed by atoms with Gasteiger partial charge in [-0.15, -0.1) is 0 Å². The fraction of sp³-hybridized carbons (Fsp3) is 0.304. The fourth-order valence-corrected chi connectivity index (χ4v) is 4.85. The van der Waals surface area contributed by atoms with Crippen molar-refractivity contribution in [1.82, 2.24) is 10.2 Å². The number of hydrogen-bond donors (Lipinski definition) is 3. The summed E-state index contributed by atoms with van der Waals surface area (Å²) in [6.07, 6.45) is -5.75. The van der Waals surface area contributed by atoms with Crippen LogP contribution in [0, 0.1) is 11.8 Å². The molecule has 0 aromatic heterocycles. The van der Waals surface area contributed by atoms with Gasteiger partial charge in [-0.3, -0.25) is 29.4 Å². The van der Waals surface area contributed by atoms with Crippen LogP contribution in [0.2, 0.25) is 0 Å². The summed E-state index contributed by atoms with van der Waals surface area (Å²) in [5, 5.41) is 22.0. The molecule has 2 aromatic rings. The summed E-state index contributed by atoms with van der Waals surface area (Å²) in [6.45, 7) is -0.177. The predicted molar refractivity (Wildman–Crippen MR) is 109 cm³/mol. The highest BCUT2D eigenvalue weighted by atomic mass is 19.4. The van der Waals surface area contributed by atoms with Crippen LogP contribution in [0.3, 0.4) is 0 Å². The maximum Gasteiger partial charge on any atom is 0.416 e. The molecule has 2 fully saturated rings. The van der Waals surface area contributed by atoms with Crippen molar-refractivity contribution < 1.29 is 42.6 Å². The number of carboxylic acid groups (broad SMARTS) is 2. The van der Waals surface area contributed by atoms with Crippen molar-refractivity contribution in [2.45, 2.75) is 30.7 Å². The number of rotatable bonds is 6. The summed E-state index contributed by atoms with van der Waals surface area (Å²) in [6, 6.07) is 11.0. The third-order valence-corrected chi connectivity index (χ3v) is 6.31. The van der Waals surface area contributed by atoms with Crippen molar-refractivity contribution in [2.24, 2.45) is 11.8 Å². The molecule has 4 rings (SSSR count). The van der Waals surface area contributed by atoms with Crippen molar-refractivity contribution in [3.8, 4) is 0 Å². The van der Waals surface area contributed by atoms with Crippen LogP contribution in [-0.4, -0.2) is 44.4 Å². The van der Waals surface area contributed by atoms with Gasteiger partial charge in [0.1, 0.15) is 5.54 Å². The highest BCUT2D eigenvalue weighted by Crippen LogP contribution is 2.50. The Morgan fingerprint density at radius 2 is 1.68 bits per heavy atom. The number of halogens is 3. The minimum Gasteiger partial charge on any atom is -0.481 e. The molecule has 0 saturated carbocycles.